The van der Waals surface area contributed by atoms with Gasteiger partial charge in [0.25, 0.3) is 10.0 Å². The number of nitrogens with one attached hydrogen (secondary N) is 1. The van der Waals surface area contributed by atoms with Gasteiger partial charge < -0.3 is 14.4 Å². The molecule has 0 bridgehead atoms. The van der Waals surface area contributed by atoms with Crippen LogP contribution in [0.4, 0.5) is 15.8 Å². The number of morpholine rings is 1. The molecule has 0 amide bonds. The minimum Gasteiger partial charge on any atom is -0.494 e. The van der Waals surface area contributed by atoms with Crippen LogP contribution in [0.25, 0.3) is 0 Å². The molecule has 1 aliphatic rings. The van der Waals surface area contributed by atoms with E-state index in [9.17, 15) is 12.8 Å². The molecule has 0 radical (unpaired) electrons. The van der Waals surface area contributed by atoms with Crippen LogP contribution in [0.3, 0.4) is 0 Å². The second-order valence-corrected chi connectivity index (χ2v) is 7.46. The average Bonchev–Trinajstić information content (AvgIpc) is 2.65. The van der Waals surface area contributed by atoms with Crippen LogP contribution in [0.1, 0.15) is 6.92 Å². The normalized spacial score (nSPS) is 14.9. The molecule has 0 saturated carbocycles. The molecule has 6 nitrogen and oxygen atoms in total. The summed E-state index contributed by atoms with van der Waals surface area (Å²) in [4.78, 5) is 2.06. The van der Waals surface area contributed by atoms with Gasteiger partial charge in [-0.2, -0.15) is 0 Å². The van der Waals surface area contributed by atoms with Crippen LogP contribution >= 0.6 is 0 Å². The van der Waals surface area contributed by atoms with Crippen molar-refractivity contribution in [2.45, 2.75) is 11.8 Å². The van der Waals surface area contributed by atoms with Crippen molar-refractivity contribution in [3.63, 3.8) is 0 Å². The van der Waals surface area contributed by atoms with Gasteiger partial charge in [-0.15, -0.1) is 0 Å². The van der Waals surface area contributed by atoms with Gasteiger partial charge in [-0.3, -0.25) is 4.72 Å². The highest BCUT2D eigenvalue weighted by Gasteiger charge is 2.19. The van der Waals surface area contributed by atoms with Crippen molar-refractivity contribution < 1.29 is 22.3 Å². The number of ether oxygens (including phenoxy) is 2. The number of rotatable bonds is 6. The molecule has 1 aliphatic heterocycles. The first-order valence-electron chi connectivity index (χ1n) is 8.37. The highest BCUT2D eigenvalue weighted by molar-refractivity contribution is 7.92. The zero-order valence-electron chi connectivity index (χ0n) is 14.4. The predicted molar refractivity (Wildman–Crippen MR) is 97.9 cm³/mol. The molecule has 1 fully saturated rings. The number of benzene rings is 2. The topological polar surface area (TPSA) is 67.9 Å². The Morgan fingerprint density at radius 1 is 1.15 bits per heavy atom. The third kappa shape index (κ3) is 4.25. The van der Waals surface area contributed by atoms with E-state index >= 15 is 0 Å². The molecule has 0 unspecified atom stereocenters. The molecule has 0 aromatic heterocycles. The Balaban J connectivity index is 1.82. The number of hydrogen-bond acceptors (Lipinski definition) is 5. The Morgan fingerprint density at radius 3 is 2.50 bits per heavy atom. The Labute approximate surface area is 152 Å². The van der Waals surface area contributed by atoms with Crippen molar-refractivity contribution in [3.8, 4) is 5.75 Å². The van der Waals surface area contributed by atoms with Gasteiger partial charge in [0.15, 0.2) is 0 Å². The summed E-state index contributed by atoms with van der Waals surface area (Å²) in [7, 11) is -3.90. The van der Waals surface area contributed by atoms with Crippen LogP contribution in [-0.4, -0.2) is 41.3 Å². The van der Waals surface area contributed by atoms with Crippen molar-refractivity contribution in [1.82, 2.24) is 0 Å². The second kappa shape index (κ2) is 7.92. The highest BCUT2D eigenvalue weighted by Crippen LogP contribution is 2.26. The third-order valence-corrected chi connectivity index (χ3v) is 5.40. The highest BCUT2D eigenvalue weighted by atomic mass is 32.2. The molecule has 3 rings (SSSR count). The van der Waals surface area contributed by atoms with Gasteiger partial charge in [0, 0.05) is 18.8 Å². The summed E-state index contributed by atoms with van der Waals surface area (Å²) >= 11 is 0. The maximum Gasteiger partial charge on any atom is 0.261 e. The van der Waals surface area contributed by atoms with Gasteiger partial charge in [-0.25, -0.2) is 12.8 Å². The quantitative estimate of drug-likeness (QED) is 0.835. The lowest BCUT2D eigenvalue weighted by molar-refractivity contribution is 0.122. The molecule has 26 heavy (non-hydrogen) atoms. The lowest BCUT2D eigenvalue weighted by Gasteiger charge is -2.29. The fourth-order valence-corrected chi connectivity index (χ4v) is 3.75. The third-order valence-electron chi connectivity index (χ3n) is 4.02. The minimum atomic E-state index is -3.90. The van der Waals surface area contributed by atoms with Crippen molar-refractivity contribution >= 4 is 21.4 Å². The van der Waals surface area contributed by atoms with E-state index in [1.807, 2.05) is 11.8 Å². The standard InChI is InChI=1S/C18H21FN2O4S/c1-2-25-15-4-6-16(7-5-15)26(22,23)20-18-13-14(3-8-17(18)19)21-9-11-24-12-10-21/h3-8,13,20H,2,9-12H2,1H3. The first kappa shape index (κ1) is 18.5. The molecule has 1 saturated heterocycles. The summed E-state index contributed by atoms with van der Waals surface area (Å²) in [5, 5.41) is 0. The summed E-state index contributed by atoms with van der Waals surface area (Å²) in [6, 6.07) is 10.4. The Hall–Kier alpha value is -2.32. The SMILES string of the molecule is CCOc1ccc(S(=O)(=O)Nc2cc(N3CCOCC3)ccc2F)cc1. The van der Waals surface area contributed by atoms with Crippen molar-refractivity contribution in [3.05, 3.63) is 48.3 Å². The minimum absolute atomic E-state index is 0.0390. The van der Waals surface area contributed by atoms with E-state index in [1.54, 1.807) is 18.2 Å². The number of halogens is 1. The van der Waals surface area contributed by atoms with Crippen LogP contribution in [0.5, 0.6) is 5.75 Å². The first-order valence-corrected chi connectivity index (χ1v) is 9.86. The van der Waals surface area contributed by atoms with E-state index in [0.717, 1.165) is 5.69 Å². The number of sulfonamides is 1. The molecule has 0 aliphatic carbocycles. The fourth-order valence-electron chi connectivity index (χ4n) is 2.70. The molecule has 8 heteroatoms. The molecule has 2 aromatic carbocycles. The van der Waals surface area contributed by atoms with Gasteiger partial charge in [0.05, 0.1) is 30.4 Å². The van der Waals surface area contributed by atoms with Crippen LogP contribution < -0.4 is 14.4 Å². The molecule has 0 spiro atoms. The van der Waals surface area contributed by atoms with Gasteiger partial charge in [-0.05, 0) is 49.4 Å². The summed E-state index contributed by atoms with van der Waals surface area (Å²) in [6.07, 6.45) is 0. The van der Waals surface area contributed by atoms with Crippen LogP contribution in [-0.2, 0) is 14.8 Å². The monoisotopic (exact) mass is 380 g/mol. The maximum absolute atomic E-state index is 14.2. The summed E-state index contributed by atoms with van der Waals surface area (Å²) in [5.41, 5.74) is 0.668. The smallest absolute Gasteiger partial charge is 0.261 e. The van der Waals surface area contributed by atoms with E-state index in [-0.39, 0.29) is 10.6 Å². The van der Waals surface area contributed by atoms with Gasteiger partial charge in [0.1, 0.15) is 11.6 Å². The summed E-state index contributed by atoms with van der Waals surface area (Å²) in [6.45, 7) is 4.86. The van der Waals surface area contributed by atoms with Crippen molar-refractivity contribution in [2.75, 3.05) is 42.5 Å². The Bertz CT molecular complexity index is 850. The molecule has 1 heterocycles. The number of nitrogens with zero attached hydrogens (tertiary/aromatic N) is 1. The van der Waals surface area contributed by atoms with Gasteiger partial charge >= 0.3 is 0 Å². The van der Waals surface area contributed by atoms with E-state index in [1.165, 1.54) is 24.3 Å². The Morgan fingerprint density at radius 2 is 1.85 bits per heavy atom. The van der Waals surface area contributed by atoms with E-state index in [2.05, 4.69) is 4.72 Å². The van der Waals surface area contributed by atoms with E-state index < -0.39 is 15.8 Å². The van der Waals surface area contributed by atoms with Crippen molar-refractivity contribution in [1.29, 1.82) is 0 Å². The maximum atomic E-state index is 14.2. The largest absolute Gasteiger partial charge is 0.494 e. The van der Waals surface area contributed by atoms with Crippen LogP contribution in [0.2, 0.25) is 0 Å². The van der Waals surface area contributed by atoms with E-state index in [4.69, 9.17) is 9.47 Å². The zero-order chi connectivity index (χ0) is 18.6. The van der Waals surface area contributed by atoms with Crippen LogP contribution in [0.15, 0.2) is 47.4 Å². The van der Waals surface area contributed by atoms with Gasteiger partial charge in [0.2, 0.25) is 0 Å². The first-order chi connectivity index (χ1) is 12.5. The fraction of sp³-hybridized carbons (Fsp3) is 0.333. The molecular weight excluding hydrogens is 359 g/mol. The molecule has 140 valence electrons. The number of anilines is 2. The number of hydrogen-bond donors (Lipinski definition) is 1. The van der Waals surface area contributed by atoms with Gasteiger partial charge in [-0.1, -0.05) is 0 Å². The van der Waals surface area contributed by atoms with Crippen molar-refractivity contribution in [2.24, 2.45) is 0 Å². The molecule has 0 atom stereocenters. The lowest BCUT2D eigenvalue weighted by Crippen LogP contribution is -2.36. The summed E-state index contributed by atoms with van der Waals surface area (Å²) < 4.78 is 52.2. The second-order valence-electron chi connectivity index (χ2n) is 5.77. The predicted octanol–water partition coefficient (Wildman–Crippen LogP) is 2.86. The molecular formula is C18H21FN2O4S. The van der Waals surface area contributed by atoms with E-state index in [0.29, 0.717) is 38.7 Å². The molecule has 1 N–H and O–H groups in total. The Kier molecular flexibility index (Phi) is 5.63. The average molecular weight is 380 g/mol. The van der Waals surface area contributed by atoms with Crippen LogP contribution in [0, 0.1) is 5.82 Å². The summed E-state index contributed by atoms with van der Waals surface area (Å²) in [5.74, 6) is -0.0523. The molecule has 2 aromatic rings. The lowest BCUT2D eigenvalue weighted by atomic mass is 10.2. The zero-order valence-corrected chi connectivity index (χ0v) is 15.3.